The van der Waals surface area contributed by atoms with Crippen molar-refractivity contribution in [2.75, 3.05) is 13.2 Å². The first-order valence-electron chi connectivity index (χ1n) is 11.7. The van der Waals surface area contributed by atoms with Gasteiger partial charge in [-0.1, -0.05) is 104 Å². The fourth-order valence-corrected chi connectivity index (χ4v) is 2.82. The fraction of sp³-hybridized carbons (Fsp3) is 0.958. The lowest BCUT2D eigenvalue weighted by atomic mass is 10.0. The lowest BCUT2D eigenvalue weighted by molar-refractivity contribution is -0.160. The molecule has 0 aromatic rings. The minimum absolute atomic E-state index is 0.0494. The van der Waals surface area contributed by atoms with Crippen molar-refractivity contribution in [3.8, 4) is 0 Å². The van der Waals surface area contributed by atoms with E-state index in [0.29, 0.717) is 6.61 Å². The zero-order valence-electron chi connectivity index (χ0n) is 19.5. The van der Waals surface area contributed by atoms with E-state index in [1.54, 1.807) is 0 Å². The lowest BCUT2D eigenvalue weighted by Crippen LogP contribution is -2.26. The van der Waals surface area contributed by atoms with Crippen LogP contribution in [0, 0.1) is 0 Å². The molecule has 3 nitrogen and oxygen atoms in total. The first-order chi connectivity index (χ1) is 12.9. The molecule has 0 aromatic carbocycles. The smallest absolute Gasteiger partial charge is 0.332 e. The molecule has 0 radical (unpaired) electrons. The monoisotopic (exact) mass is 386 g/mol. The van der Waals surface area contributed by atoms with Gasteiger partial charge in [-0.05, 0) is 27.7 Å². The van der Waals surface area contributed by atoms with Gasteiger partial charge in [-0.25, -0.2) is 4.79 Å². The maximum atomic E-state index is 10.9. The van der Waals surface area contributed by atoms with Gasteiger partial charge in [0, 0.05) is 6.61 Å². The summed E-state index contributed by atoms with van der Waals surface area (Å²) in [6.45, 7) is 12.5. The molecule has 0 rings (SSSR count). The summed E-state index contributed by atoms with van der Waals surface area (Å²) in [5.41, 5.74) is -0.409. The Bertz CT molecular complexity index is 280. The topological polar surface area (TPSA) is 35.5 Å². The van der Waals surface area contributed by atoms with Crippen LogP contribution in [0.5, 0.6) is 0 Å². The molecule has 3 heteroatoms. The fourth-order valence-electron chi connectivity index (χ4n) is 2.82. The number of esters is 1. The number of ether oxygens (including phenoxy) is 2. The van der Waals surface area contributed by atoms with Crippen molar-refractivity contribution in [1.29, 1.82) is 0 Å². The highest BCUT2D eigenvalue weighted by Gasteiger charge is 2.15. The Morgan fingerprint density at radius 3 is 1.22 bits per heavy atom. The molecular formula is C24H50O3. The van der Waals surface area contributed by atoms with Crippen LogP contribution in [0.25, 0.3) is 0 Å². The van der Waals surface area contributed by atoms with E-state index in [0.717, 1.165) is 0 Å². The third-order valence-corrected chi connectivity index (χ3v) is 4.30. The maximum Gasteiger partial charge on any atom is 0.332 e. The summed E-state index contributed by atoms with van der Waals surface area (Å²) in [7, 11) is 0. The van der Waals surface area contributed by atoms with Crippen LogP contribution >= 0.6 is 0 Å². The van der Waals surface area contributed by atoms with Crippen LogP contribution in [0.1, 0.15) is 131 Å². The second kappa shape index (κ2) is 21.7. The molecule has 0 spiro atoms. The van der Waals surface area contributed by atoms with Crippen LogP contribution in [0.2, 0.25) is 0 Å². The van der Waals surface area contributed by atoms with Gasteiger partial charge >= 0.3 is 5.97 Å². The predicted molar refractivity (Wildman–Crippen MR) is 118 cm³/mol. The molecule has 0 bridgehead atoms. The van der Waals surface area contributed by atoms with Gasteiger partial charge in [0.2, 0.25) is 0 Å². The summed E-state index contributed by atoms with van der Waals surface area (Å²) in [5, 5.41) is 0. The Kier molecular flexibility index (Phi) is 23.0. The molecule has 0 aliphatic heterocycles. The van der Waals surface area contributed by atoms with Gasteiger partial charge in [0.25, 0.3) is 0 Å². The first-order valence-corrected chi connectivity index (χ1v) is 11.7. The molecule has 0 fully saturated rings. The highest BCUT2D eigenvalue weighted by Crippen LogP contribution is 2.12. The highest BCUT2D eigenvalue weighted by molar-refractivity contribution is 5.71. The third kappa shape index (κ3) is 30.4. The van der Waals surface area contributed by atoms with Crippen LogP contribution in [0.15, 0.2) is 0 Å². The molecule has 0 saturated carbocycles. The molecule has 164 valence electrons. The van der Waals surface area contributed by atoms with Crippen LogP contribution in [0.3, 0.4) is 0 Å². The van der Waals surface area contributed by atoms with Gasteiger partial charge in [-0.2, -0.15) is 0 Å². The molecule has 0 heterocycles. The molecule has 0 N–H and O–H groups in total. The number of rotatable bonds is 16. The molecular weight excluding hydrogens is 336 g/mol. The van der Waals surface area contributed by atoms with E-state index in [1.165, 1.54) is 89.9 Å². The Balaban J connectivity index is 0. The number of carbonyl (C=O) groups is 1. The third-order valence-electron chi connectivity index (χ3n) is 4.30. The number of carbonyl (C=O) groups excluding carboxylic acids is 1. The summed E-state index contributed by atoms with van der Waals surface area (Å²) in [5.74, 6) is -0.306. The molecule has 0 aromatic heterocycles. The Hall–Kier alpha value is -0.570. The average Bonchev–Trinajstić information content (AvgIpc) is 2.60. The van der Waals surface area contributed by atoms with E-state index >= 15 is 0 Å². The van der Waals surface area contributed by atoms with Gasteiger partial charge in [0.05, 0.1) is 0 Å². The minimum Gasteiger partial charge on any atom is -0.458 e. The molecule has 0 aliphatic carbocycles. The summed E-state index contributed by atoms with van der Waals surface area (Å²) in [6, 6.07) is 0. The van der Waals surface area contributed by atoms with Crippen LogP contribution in [-0.4, -0.2) is 24.8 Å². The molecule has 0 saturated heterocycles. The van der Waals surface area contributed by atoms with Crippen molar-refractivity contribution < 1.29 is 14.3 Å². The van der Waals surface area contributed by atoms with Crippen molar-refractivity contribution in [3.63, 3.8) is 0 Å². The van der Waals surface area contributed by atoms with Gasteiger partial charge in [-0.15, -0.1) is 0 Å². The van der Waals surface area contributed by atoms with Crippen molar-refractivity contribution in [1.82, 2.24) is 0 Å². The standard InChI is InChI=1S/C16H34.C8H16O3/c1-3-5-7-9-11-13-15-16-14-12-10-8-6-4-2;1-5-10-6-7(9)11-8(2,3)4/h3-16H2,1-2H3;5-6H2,1-4H3. The van der Waals surface area contributed by atoms with E-state index in [9.17, 15) is 4.79 Å². The summed E-state index contributed by atoms with van der Waals surface area (Å²) >= 11 is 0. The summed E-state index contributed by atoms with van der Waals surface area (Å²) in [4.78, 5) is 10.9. The summed E-state index contributed by atoms with van der Waals surface area (Å²) < 4.78 is 9.84. The zero-order valence-corrected chi connectivity index (χ0v) is 19.5. The zero-order chi connectivity index (χ0) is 20.8. The van der Waals surface area contributed by atoms with Crippen molar-refractivity contribution in [3.05, 3.63) is 0 Å². The van der Waals surface area contributed by atoms with Gasteiger partial charge in [0.1, 0.15) is 12.2 Å². The molecule has 0 amide bonds. The number of hydrogen-bond acceptors (Lipinski definition) is 3. The Morgan fingerprint density at radius 1 is 0.630 bits per heavy atom. The largest absolute Gasteiger partial charge is 0.458 e. The number of unbranched alkanes of at least 4 members (excludes halogenated alkanes) is 13. The van der Waals surface area contributed by atoms with Crippen LogP contribution in [0.4, 0.5) is 0 Å². The molecule has 0 unspecified atom stereocenters. The lowest BCUT2D eigenvalue weighted by Gasteiger charge is -2.19. The SMILES string of the molecule is CCCCCCCCCCCCCCCC.CCOCC(=O)OC(C)(C)C. The predicted octanol–water partition coefficient (Wildman–Crippen LogP) is 7.85. The van der Waals surface area contributed by atoms with Gasteiger partial charge in [-0.3, -0.25) is 0 Å². The maximum absolute atomic E-state index is 10.9. The second-order valence-corrected chi connectivity index (χ2v) is 8.47. The quantitative estimate of drug-likeness (QED) is 0.200. The second-order valence-electron chi connectivity index (χ2n) is 8.47. The summed E-state index contributed by atoms with van der Waals surface area (Å²) in [6.07, 6.45) is 20.4. The normalized spacial score (nSPS) is 11.0. The van der Waals surface area contributed by atoms with Crippen molar-refractivity contribution in [2.24, 2.45) is 0 Å². The van der Waals surface area contributed by atoms with E-state index in [1.807, 2.05) is 27.7 Å². The highest BCUT2D eigenvalue weighted by atomic mass is 16.6. The molecule has 0 aliphatic rings. The average molecular weight is 387 g/mol. The van der Waals surface area contributed by atoms with Crippen LogP contribution in [-0.2, 0) is 14.3 Å². The Labute approximate surface area is 171 Å². The number of hydrogen-bond donors (Lipinski definition) is 0. The van der Waals surface area contributed by atoms with Gasteiger partial charge < -0.3 is 9.47 Å². The van der Waals surface area contributed by atoms with E-state index in [2.05, 4.69) is 13.8 Å². The van der Waals surface area contributed by atoms with Crippen molar-refractivity contribution >= 4 is 5.97 Å². The minimum atomic E-state index is -0.409. The van der Waals surface area contributed by atoms with Gasteiger partial charge in [0.15, 0.2) is 0 Å². The van der Waals surface area contributed by atoms with Crippen LogP contribution < -0.4 is 0 Å². The van der Waals surface area contributed by atoms with E-state index in [4.69, 9.17) is 9.47 Å². The molecule has 27 heavy (non-hydrogen) atoms. The Morgan fingerprint density at radius 2 is 0.963 bits per heavy atom. The molecule has 0 atom stereocenters. The van der Waals surface area contributed by atoms with Crippen molar-refractivity contribution in [2.45, 2.75) is 137 Å². The van der Waals surface area contributed by atoms with E-state index in [-0.39, 0.29) is 12.6 Å². The van der Waals surface area contributed by atoms with E-state index < -0.39 is 5.60 Å². The first kappa shape index (κ1) is 28.6.